The second-order valence-corrected chi connectivity index (χ2v) is 7.29. The Kier molecular flexibility index (Phi) is 3.93. The lowest BCUT2D eigenvalue weighted by molar-refractivity contribution is -0.136. The Balaban J connectivity index is 1.41. The molecule has 4 heteroatoms. The van der Waals surface area contributed by atoms with Gasteiger partial charge in [0.2, 0.25) is 5.91 Å². The minimum absolute atomic E-state index is 0.170. The number of carbonyl (C=O) groups excluding carboxylic acids is 1. The molecule has 2 aliphatic rings. The molecule has 24 heavy (non-hydrogen) atoms. The molecule has 4 nitrogen and oxygen atoms in total. The van der Waals surface area contributed by atoms with Gasteiger partial charge in [0.05, 0.1) is 18.2 Å². The van der Waals surface area contributed by atoms with Gasteiger partial charge >= 0.3 is 0 Å². The number of furan rings is 1. The lowest BCUT2D eigenvalue weighted by Gasteiger charge is -2.23. The van der Waals surface area contributed by atoms with Crippen molar-refractivity contribution in [3.8, 4) is 0 Å². The second kappa shape index (κ2) is 6.10. The second-order valence-electron chi connectivity index (χ2n) is 7.29. The zero-order valence-corrected chi connectivity index (χ0v) is 14.2. The molecule has 1 spiro atoms. The van der Waals surface area contributed by atoms with Gasteiger partial charge in [-0.1, -0.05) is 29.8 Å². The molecule has 0 radical (unpaired) electrons. The maximum Gasteiger partial charge on any atom is 0.230 e. The number of nitrogens with zero attached hydrogens (tertiary/aromatic N) is 2. The summed E-state index contributed by atoms with van der Waals surface area (Å²) in [6.07, 6.45) is 3.66. The van der Waals surface area contributed by atoms with Crippen molar-refractivity contribution in [1.29, 1.82) is 0 Å². The van der Waals surface area contributed by atoms with Crippen LogP contribution in [0.2, 0.25) is 0 Å². The van der Waals surface area contributed by atoms with E-state index in [1.807, 2.05) is 17.0 Å². The largest absolute Gasteiger partial charge is 0.468 e. The van der Waals surface area contributed by atoms with Crippen molar-refractivity contribution in [2.24, 2.45) is 5.41 Å². The number of rotatable bonds is 4. The molecule has 1 atom stereocenters. The highest BCUT2D eigenvalue weighted by Gasteiger charge is 2.50. The summed E-state index contributed by atoms with van der Waals surface area (Å²) in [6, 6.07) is 12.4. The van der Waals surface area contributed by atoms with Gasteiger partial charge < -0.3 is 9.32 Å². The average Bonchev–Trinajstić information content (AvgIpc) is 3.27. The van der Waals surface area contributed by atoms with E-state index >= 15 is 0 Å². The number of likely N-dealkylation sites (tertiary alicyclic amines) is 2. The molecule has 3 heterocycles. The molecule has 2 aliphatic heterocycles. The van der Waals surface area contributed by atoms with Gasteiger partial charge in [-0.2, -0.15) is 0 Å². The first-order valence-electron chi connectivity index (χ1n) is 8.74. The van der Waals surface area contributed by atoms with E-state index in [-0.39, 0.29) is 5.41 Å². The van der Waals surface area contributed by atoms with Crippen molar-refractivity contribution in [2.45, 2.75) is 32.9 Å². The Morgan fingerprint density at radius 1 is 1.12 bits per heavy atom. The van der Waals surface area contributed by atoms with Crippen LogP contribution in [0.1, 0.15) is 29.7 Å². The number of hydrogen-bond donors (Lipinski definition) is 0. The van der Waals surface area contributed by atoms with Crippen LogP contribution < -0.4 is 0 Å². The van der Waals surface area contributed by atoms with Crippen LogP contribution in [0.3, 0.4) is 0 Å². The molecular weight excluding hydrogens is 300 g/mol. The molecule has 0 saturated carbocycles. The molecule has 1 aromatic carbocycles. The van der Waals surface area contributed by atoms with Crippen molar-refractivity contribution in [3.63, 3.8) is 0 Å². The summed E-state index contributed by atoms with van der Waals surface area (Å²) in [5, 5.41) is 0. The maximum atomic E-state index is 13.0. The molecule has 0 aliphatic carbocycles. The van der Waals surface area contributed by atoms with E-state index < -0.39 is 0 Å². The van der Waals surface area contributed by atoms with Crippen LogP contribution in [0, 0.1) is 12.3 Å². The predicted octanol–water partition coefficient (Wildman–Crippen LogP) is 3.21. The van der Waals surface area contributed by atoms with Gasteiger partial charge in [-0.25, -0.2) is 0 Å². The van der Waals surface area contributed by atoms with Gasteiger partial charge in [0.1, 0.15) is 5.76 Å². The van der Waals surface area contributed by atoms with Crippen LogP contribution in [-0.2, 0) is 17.9 Å². The van der Waals surface area contributed by atoms with Crippen molar-refractivity contribution in [3.05, 3.63) is 59.5 Å². The molecule has 1 amide bonds. The Morgan fingerprint density at radius 2 is 2.00 bits per heavy atom. The summed E-state index contributed by atoms with van der Waals surface area (Å²) in [7, 11) is 0. The van der Waals surface area contributed by atoms with Crippen molar-refractivity contribution in [2.75, 3.05) is 19.6 Å². The molecule has 2 fully saturated rings. The third-order valence-corrected chi connectivity index (χ3v) is 5.45. The number of hydrogen-bond acceptors (Lipinski definition) is 3. The molecule has 4 rings (SSSR count). The summed E-state index contributed by atoms with van der Waals surface area (Å²) < 4.78 is 5.45. The summed E-state index contributed by atoms with van der Waals surface area (Å²) in [5.41, 5.74) is 2.31. The van der Waals surface area contributed by atoms with E-state index in [1.165, 1.54) is 11.1 Å². The van der Waals surface area contributed by atoms with Gasteiger partial charge in [0.25, 0.3) is 0 Å². The van der Waals surface area contributed by atoms with Crippen LogP contribution in [0.5, 0.6) is 0 Å². The lowest BCUT2D eigenvalue weighted by Crippen LogP contribution is -2.36. The molecule has 1 aromatic heterocycles. The van der Waals surface area contributed by atoms with Crippen LogP contribution >= 0.6 is 0 Å². The first kappa shape index (κ1) is 15.5. The Bertz CT molecular complexity index is 725. The van der Waals surface area contributed by atoms with Crippen molar-refractivity contribution < 1.29 is 9.21 Å². The fraction of sp³-hybridized carbons (Fsp3) is 0.450. The van der Waals surface area contributed by atoms with E-state index in [4.69, 9.17) is 4.42 Å². The van der Waals surface area contributed by atoms with E-state index in [0.29, 0.717) is 5.91 Å². The van der Waals surface area contributed by atoms with Gasteiger partial charge in [-0.05, 0) is 44.0 Å². The van der Waals surface area contributed by atoms with Gasteiger partial charge in [0, 0.05) is 19.6 Å². The quantitative estimate of drug-likeness (QED) is 0.866. The highest BCUT2D eigenvalue weighted by molar-refractivity contribution is 5.85. The topological polar surface area (TPSA) is 36.7 Å². The van der Waals surface area contributed by atoms with E-state index in [0.717, 1.165) is 51.3 Å². The molecule has 2 saturated heterocycles. The third kappa shape index (κ3) is 2.86. The van der Waals surface area contributed by atoms with Crippen molar-refractivity contribution >= 4 is 5.91 Å². The van der Waals surface area contributed by atoms with Gasteiger partial charge in [0.15, 0.2) is 0 Å². The van der Waals surface area contributed by atoms with Crippen LogP contribution in [0.15, 0.2) is 47.1 Å². The minimum atomic E-state index is -0.170. The maximum absolute atomic E-state index is 13.0. The highest BCUT2D eigenvalue weighted by Crippen LogP contribution is 2.41. The van der Waals surface area contributed by atoms with Crippen LogP contribution in [0.25, 0.3) is 0 Å². The monoisotopic (exact) mass is 324 g/mol. The molecule has 0 N–H and O–H groups in total. The highest BCUT2D eigenvalue weighted by atomic mass is 16.3. The number of amides is 1. The molecule has 0 bridgehead atoms. The van der Waals surface area contributed by atoms with Crippen LogP contribution in [-0.4, -0.2) is 35.3 Å². The fourth-order valence-corrected chi connectivity index (χ4v) is 4.17. The fourth-order valence-electron chi connectivity index (χ4n) is 4.17. The van der Waals surface area contributed by atoms with E-state index in [2.05, 4.69) is 36.1 Å². The molecule has 126 valence electrons. The molecule has 0 unspecified atom stereocenters. The van der Waals surface area contributed by atoms with Crippen LogP contribution in [0.4, 0.5) is 0 Å². The zero-order chi connectivity index (χ0) is 16.6. The van der Waals surface area contributed by atoms with E-state index in [1.54, 1.807) is 6.26 Å². The SMILES string of the molecule is Cc1cccc(CN2CC[C@@]3(CCN(Cc4ccco4)C3)C2=O)c1. The summed E-state index contributed by atoms with van der Waals surface area (Å²) in [6.45, 7) is 6.35. The zero-order valence-electron chi connectivity index (χ0n) is 14.2. The molecular formula is C20H24N2O2. The van der Waals surface area contributed by atoms with Crippen molar-refractivity contribution in [1.82, 2.24) is 9.80 Å². The Morgan fingerprint density at radius 3 is 2.79 bits per heavy atom. The number of benzene rings is 1. The Hall–Kier alpha value is -2.07. The predicted molar refractivity (Wildman–Crippen MR) is 92.2 cm³/mol. The summed E-state index contributed by atoms with van der Waals surface area (Å²) in [5.74, 6) is 1.32. The summed E-state index contributed by atoms with van der Waals surface area (Å²) >= 11 is 0. The van der Waals surface area contributed by atoms with Gasteiger partial charge in [-0.3, -0.25) is 9.69 Å². The third-order valence-electron chi connectivity index (χ3n) is 5.45. The van der Waals surface area contributed by atoms with E-state index in [9.17, 15) is 4.79 Å². The summed E-state index contributed by atoms with van der Waals surface area (Å²) in [4.78, 5) is 17.4. The normalized spacial score (nSPS) is 24.4. The smallest absolute Gasteiger partial charge is 0.230 e. The first-order valence-corrected chi connectivity index (χ1v) is 8.74. The van der Waals surface area contributed by atoms with Gasteiger partial charge in [-0.15, -0.1) is 0 Å². The average molecular weight is 324 g/mol. The number of aryl methyl sites for hydroxylation is 1. The first-order chi connectivity index (χ1) is 11.6. The number of carbonyl (C=O) groups is 1. The standard InChI is InChI=1S/C20H24N2O2/c1-16-4-2-5-17(12-16)13-22-10-8-20(19(22)23)7-9-21(15-20)14-18-6-3-11-24-18/h2-6,11-12H,7-10,13-15H2,1H3/t20-/m1/s1. The molecule has 2 aromatic rings. The minimum Gasteiger partial charge on any atom is -0.468 e. The lowest BCUT2D eigenvalue weighted by atomic mass is 9.85. The Labute approximate surface area is 143 Å².